The lowest BCUT2D eigenvalue weighted by Gasteiger charge is -2.10. The van der Waals surface area contributed by atoms with E-state index in [2.05, 4.69) is 19.9 Å². The third-order valence-corrected chi connectivity index (χ3v) is 3.01. The van der Waals surface area contributed by atoms with E-state index in [1.807, 2.05) is 0 Å². The predicted molar refractivity (Wildman–Crippen MR) is 80.9 cm³/mol. The lowest BCUT2D eigenvalue weighted by Crippen LogP contribution is -1.99. The molecule has 1 aromatic carbocycles. The maximum Gasteiger partial charge on any atom is 0.311 e. The zero-order valence-corrected chi connectivity index (χ0v) is 12.3. The van der Waals surface area contributed by atoms with Gasteiger partial charge < -0.3 is 4.74 Å². The van der Waals surface area contributed by atoms with Crippen molar-refractivity contribution in [1.29, 1.82) is 0 Å². The van der Waals surface area contributed by atoms with Crippen LogP contribution in [0, 0.1) is 10.1 Å². The number of rotatable bonds is 9. The monoisotopic (exact) mass is 277 g/mol. The highest BCUT2D eigenvalue weighted by atomic mass is 16.6. The summed E-state index contributed by atoms with van der Waals surface area (Å²) in [6, 6.07) is 6.53. The summed E-state index contributed by atoms with van der Waals surface area (Å²) in [4.78, 5) is 10.6. The molecule has 0 saturated heterocycles. The molecule has 4 nitrogen and oxygen atoms in total. The van der Waals surface area contributed by atoms with Gasteiger partial charge in [0.25, 0.3) is 0 Å². The van der Waals surface area contributed by atoms with Gasteiger partial charge in [-0.1, -0.05) is 38.8 Å². The number of ether oxygens (including phenoxy) is 1. The summed E-state index contributed by atoms with van der Waals surface area (Å²) >= 11 is 0. The Morgan fingerprint density at radius 2 is 1.95 bits per heavy atom. The maximum absolute atomic E-state index is 11.0. The van der Waals surface area contributed by atoms with Gasteiger partial charge in [0, 0.05) is 12.5 Å². The molecule has 0 saturated carbocycles. The molecule has 0 aliphatic carbocycles. The van der Waals surface area contributed by atoms with Crippen molar-refractivity contribution in [2.75, 3.05) is 0 Å². The number of hydrogen-bond acceptors (Lipinski definition) is 3. The highest BCUT2D eigenvalue weighted by Crippen LogP contribution is 2.28. The van der Waals surface area contributed by atoms with E-state index in [9.17, 15) is 10.1 Å². The fourth-order valence-corrected chi connectivity index (χ4v) is 1.85. The van der Waals surface area contributed by atoms with E-state index >= 15 is 0 Å². The first-order valence-electron chi connectivity index (χ1n) is 7.29. The molecule has 1 rings (SSSR count). The van der Waals surface area contributed by atoms with Crippen molar-refractivity contribution >= 4 is 5.69 Å². The number of nitrogens with zero attached hydrogens (tertiary/aromatic N) is 1. The Balaban J connectivity index is 2.83. The molecule has 0 spiro atoms. The Hall–Kier alpha value is -1.84. The fourth-order valence-electron chi connectivity index (χ4n) is 1.85. The molecule has 0 bridgehead atoms. The summed E-state index contributed by atoms with van der Waals surface area (Å²) in [5, 5.41) is 11.0. The second-order valence-corrected chi connectivity index (χ2v) is 4.74. The molecule has 0 heterocycles. The number of benzene rings is 1. The van der Waals surface area contributed by atoms with Gasteiger partial charge in [0.1, 0.15) is 5.76 Å². The highest BCUT2D eigenvalue weighted by molar-refractivity contribution is 5.46. The van der Waals surface area contributed by atoms with Crippen LogP contribution >= 0.6 is 0 Å². The normalized spacial score (nSPS) is 11.4. The van der Waals surface area contributed by atoms with Crippen molar-refractivity contribution in [3.63, 3.8) is 0 Å². The van der Waals surface area contributed by atoms with Gasteiger partial charge in [0.05, 0.1) is 4.92 Å². The minimum absolute atomic E-state index is 0.0189. The van der Waals surface area contributed by atoms with Crippen LogP contribution < -0.4 is 4.74 Å². The molecule has 0 aliphatic rings. The van der Waals surface area contributed by atoms with Crippen LogP contribution in [-0.2, 0) is 0 Å². The summed E-state index contributed by atoms with van der Waals surface area (Å²) in [6.45, 7) is 4.26. The minimum Gasteiger partial charge on any atom is -0.455 e. The topological polar surface area (TPSA) is 52.4 Å². The van der Waals surface area contributed by atoms with Gasteiger partial charge in [-0.15, -0.1) is 0 Å². The van der Waals surface area contributed by atoms with Crippen LogP contribution in [-0.4, -0.2) is 4.92 Å². The van der Waals surface area contributed by atoms with Gasteiger partial charge in [0.2, 0.25) is 5.75 Å². The second-order valence-electron chi connectivity index (χ2n) is 4.74. The Bertz CT molecular complexity index is 455. The van der Waals surface area contributed by atoms with E-state index in [4.69, 9.17) is 4.74 Å². The zero-order valence-electron chi connectivity index (χ0n) is 12.3. The van der Waals surface area contributed by atoms with Crippen LogP contribution in [0.5, 0.6) is 5.75 Å². The Kier molecular flexibility index (Phi) is 7.40. The summed E-state index contributed by atoms with van der Waals surface area (Å²) in [5.74, 6) is 1.17. The number of nitro groups is 1. The van der Waals surface area contributed by atoms with Crippen molar-refractivity contribution in [2.45, 2.75) is 52.4 Å². The van der Waals surface area contributed by atoms with E-state index in [1.54, 1.807) is 18.2 Å². The van der Waals surface area contributed by atoms with Crippen molar-refractivity contribution < 1.29 is 9.66 Å². The van der Waals surface area contributed by atoms with Crippen molar-refractivity contribution in [2.24, 2.45) is 0 Å². The standard InChI is InChI=1S/C16H23NO3/c1-3-5-7-11-14(10-6-4-2)20-16-13-9-8-12-15(16)17(18)19/h8-9,11-13H,3-7,10H2,1-2H3/b14-11-. The molecule has 0 radical (unpaired) electrons. The van der Waals surface area contributed by atoms with Crippen LogP contribution in [0.4, 0.5) is 5.69 Å². The molecule has 0 fully saturated rings. The molecular weight excluding hydrogens is 254 g/mol. The largest absolute Gasteiger partial charge is 0.455 e. The van der Waals surface area contributed by atoms with Gasteiger partial charge >= 0.3 is 5.69 Å². The van der Waals surface area contributed by atoms with Crippen LogP contribution in [0.3, 0.4) is 0 Å². The van der Waals surface area contributed by atoms with E-state index < -0.39 is 4.92 Å². The molecule has 0 amide bonds. The molecule has 1 aromatic rings. The van der Waals surface area contributed by atoms with Gasteiger partial charge in [-0.25, -0.2) is 0 Å². The first-order chi connectivity index (χ1) is 9.69. The van der Waals surface area contributed by atoms with Crippen LogP contribution in [0.2, 0.25) is 0 Å². The quantitative estimate of drug-likeness (QED) is 0.268. The fraction of sp³-hybridized carbons (Fsp3) is 0.500. The van der Waals surface area contributed by atoms with Crippen LogP contribution in [0.1, 0.15) is 52.4 Å². The molecule has 0 unspecified atom stereocenters. The zero-order chi connectivity index (χ0) is 14.8. The Labute approximate surface area is 120 Å². The molecule has 0 atom stereocenters. The first kappa shape index (κ1) is 16.2. The minimum atomic E-state index is -0.404. The van der Waals surface area contributed by atoms with Gasteiger partial charge in [-0.05, 0) is 31.4 Å². The molecule has 20 heavy (non-hydrogen) atoms. The van der Waals surface area contributed by atoms with Crippen molar-refractivity contribution in [3.8, 4) is 5.75 Å². The van der Waals surface area contributed by atoms with Crippen molar-refractivity contribution in [1.82, 2.24) is 0 Å². The lowest BCUT2D eigenvalue weighted by molar-refractivity contribution is -0.385. The molecule has 0 N–H and O–H groups in total. The van der Waals surface area contributed by atoms with Crippen LogP contribution in [0.25, 0.3) is 0 Å². The van der Waals surface area contributed by atoms with E-state index in [-0.39, 0.29) is 5.69 Å². The number of allylic oxidation sites excluding steroid dienone is 2. The molecule has 0 aromatic heterocycles. The van der Waals surface area contributed by atoms with Gasteiger partial charge in [0.15, 0.2) is 0 Å². The van der Waals surface area contributed by atoms with Crippen molar-refractivity contribution in [3.05, 3.63) is 46.2 Å². The lowest BCUT2D eigenvalue weighted by atomic mass is 10.1. The maximum atomic E-state index is 11.0. The van der Waals surface area contributed by atoms with E-state index in [1.165, 1.54) is 6.07 Å². The number of unbranched alkanes of at least 4 members (excludes halogenated alkanes) is 3. The van der Waals surface area contributed by atoms with E-state index in [0.717, 1.165) is 44.3 Å². The smallest absolute Gasteiger partial charge is 0.311 e. The number of para-hydroxylation sites is 2. The second kappa shape index (κ2) is 9.13. The summed E-state index contributed by atoms with van der Waals surface area (Å²) in [6.07, 6.45) is 8.18. The Morgan fingerprint density at radius 1 is 1.25 bits per heavy atom. The predicted octanol–water partition coefficient (Wildman–Crippen LogP) is 5.24. The molecular formula is C16H23NO3. The molecule has 110 valence electrons. The summed E-state index contributed by atoms with van der Waals surface area (Å²) in [5.41, 5.74) is 0.0189. The first-order valence-corrected chi connectivity index (χ1v) is 7.29. The summed E-state index contributed by atoms with van der Waals surface area (Å²) < 4.78 is 5.78. The van der Waals surface area contributed by atoms with Gasteiger partial charge in [-0.2, -0.15) is 0 Å². The average molecular weight is 277 g/mol. The van der Waals surface area contributed by atoms with Gasteiger partial charge in [-0.3, -0.25) is 10.1 Å². The molecule has 0 aliphatic heterocycles. The number of hydrogen-bond donors (Lipinski definition) is 0. The third kappa shape index (κ3) is 5.43. The van der Waals surface area contributed by atoms with E-state index in [0.29, 0.717) is 5.75 Å². The Morgan fingerprint density at radius 3 is 2.60 bits per heavy atom. The average Bonchev–Trinajstić information content (AvgIpc) is 2.45. The SMILES string of the molecule is CCCC/C=C(/CCCC)Oc1ccccc1[N+](=O)[O-]. The highest BCUT2D eigenvalue weighted by Gasteiger charge is 2.15. The summed E-state index contributed by atoms with van der Waals surface area (Å²) in [7, 11) is 0. The molecule has 4 heteroatoms. The third-order valence-electron chi connectivity index (χ3n) is 3.01. The van der Waals surface area contributed by atoms with Crippen LogP contribution in [0.15, 0.2) is 36.1 Å². The number of nitro benzene ring substituents is 1.